The molecule has 3 aromatic rings. The molecule has 2 heterocycles. The van der Waals surface area contributed by atoms with Crippen LogP contribution in [0.15, 0.2) is 64.6 Å². The second kappa shape index (κ2) is 8.00. The number of anilines is 1. The maximum atomic E-state index is 13.1. The number of carbonyl (C=O) groups is 3. The Hall–Kier alpha value is -3.45. The number of imide groups is 2. The van der Waals surface area contributed by atoms with Gasteiger partial charge in [-0.2, -0.15) is 0 Å². The van der Waals surface area contributed by atoms with Crippen LogP contribution in [0.25, 0.3) is 11.8 Å². The van der Waals surface area contributed by atoms with Crippen molar-refractivity contribution in [3.63, 3.8) is 0 Å². The van der Waals surface area contributed by atoms with Gasteiger partial charge in [-0.3, -0.25) is 14.9 Å². The molecule has 0 spiro atoms. The van der Waals surface area contributed by atoms with Crippen LogP contribution in [0.4, 0.5) is 10.5 Å². The first-order chi connectivity index (χ1) is 14.8. The number of benzene rings is 2. The Morgan fingerprint density at radius 1 is 0.903 bits per heavy atom. The van der Waals surface area contributed by atoms with Gasteiger partial charge in [0, 0.05) is 21.5 Å². The fourth-order valence-corrected chi connectivity index (χ4v) is 4.00. The van der Waals surface area contributed by atoms with Crippen molar-refractivity contribution in [1.82, 2.24) is 9.88 Å². The lowest BCUT2D eigenvalue weighted by Gasteiger charge is -2.26. The highest BCUT2D eigenvalue weighted by Gasteiger charge is 2.37. The summed E-state index contributed by atoms with van der Waals surface area (Å²) in [6.45, 7) is 5.76. The highest BCUT2D eigenvalue weighted by molar-refractivity contribution is 9.10. The number of aryl methyl sites for hydroxylation is 2. The lowest BCUT2D eigenvalue weighted by Crippen LogP contribution is -2.54. The van der Waals surface area contributed by atoms with Crippen molar-refractivity contribution in [2.75, 3.05) is 4.90 Å². The second-order valence-electron chi connectivity index (χ2n) is 7.44. The molecule has 1 fully saturated rings. The third-order valence-corrected chi connectivity index (χ3v) is 5.75. The fraction of sp³-hybridized carbons (Fsp3) is 0.125. The van der Waals surface area contributed by atoms with E-state index in [1.54, 1.807) is 24.3 Å². The van der Waals surface area contributed by atoms with Crippen LogP contribution in [0.1, 0.15) is 22.5 Å². The van der Waals surface area contributed by atoms with Crippen molar-refractivity contribution in [2.45, 2.75) is 20.8 Å². The minimum Gasteiger partial charge on any atom is -0.318 e. The first kappa shape index (κ1) is 20.8. The molecule has 1 aliphatic heterocycles. The van der Waals surface area contributed by atoms with E-state index < -0.39 is 17.8 Å². The average Bonchev–Trinajstić information content (AvgIpc) is 2.99. The van der Waals surface area contributed by atoms with Gasteiger partial charge >= 0.3 is 6.03 Å². The predicted molar refractivity (Wildman–Crippen MR) is 123 cm³/mol. The Kier molecular flexibility index (Phi) is 5.37. The number of hydrogen-bond acceptors (Lipinski definition) is 3. The van der Waals surface area contributed by atoms with Crippen molar-refractivity contribution >= 4 is 45.5 Å². The quantitative estimate of drug-likeness (QED) is 0.433. The number of nitrogens with zero attached hydrogens (tertiary/aromatic N) is 2. The molecule has 1 aliphatic rings. The monoisotopic (exact) mass is 477 g/mol. The van der Waals surface area contributed by atoms with Gasteiger partial charge < -0.3 is 4.57 Å². The van der Waals surface area contributed by atoms with Crippen molar-refractivity contribution in [3.8, 4) is 5.69 Å². The van der Waals surface area contributed by atoms with Crippen molar-refractivity contribution in [1.29, 1.82) is 0 Å². The number of aromatic nitrogens is 1. The minimum absolute atomic E-state index is 0.0860. The van der Waals surface area contributed by atoms with Gasteiger partial charge in [0.05, 0.1) is 5.69 Å². The Morgan fingerprint density at radius 3 is 2.29 bits per heavy atom. The van der Waals surface area contributed by atoms with E-state index in [2.05, 4.69) is 21.2 Å². The molecule has 1 N–H and O–H groups in total. The lowest BCUT2D eigenvalue weighted by atomic mass is 10.1. The molecule has 2 aromatic carbocycles. The molecule has 0 atom stereocenters. The Morgan fingerprint density at radius 2 is 1.61 bits per heavy atom. The molecular formula is C24H20BrN3O3. The maximum Gasteiger partial charge on any atom is 0.335 e. The van der Waals surface area contributed by atoms with Crippen molar-refractivity contribution < 1.29 is 14.4 Å². The third-order valence-electron chi connectivity index (χ3n) is 5.22. The molecule has 1 aromatic heterocycles. The fourth-order valence-electron chi connectivity index (χ4n) is 3.74. The van der Waals surface area contributed by atoms with E-state index in [-0.39, 0.29) is 5.57 Å². The SMILES string of the molecule is Cc1cccc(N2C(=O)NC(=O)/C(=C\c3cc(C)n(-c4ccc(Br)cc4)c3C)C2=O)c1. The van der Waals surface area contributed by atoms with Crippen LogP contribution in [-0.4, -0.2) is 22.4 Å². The number of urea groups is 1. The molecule has 1 saturated heterocycles. The summed E-state index contributed by atoms with van der Waals surface area (Å²) in [7, 11) is 0. The first-order valence-corrected chi connectivity index (χ1v) is 10.5. The zero-order valence-corrected chi connectivity index (χ0v) is 18.9. The number of carbonyl (C=O) groups excluding carboxylic acids is 3. The molecule has 156 valence electrons. The van der Waals surface area contributed by atoms with Gasteiger partial charge in [-0.15, -0.1) is 0 Å². The van der Waals surface area contributed by atoms with Crippen LogP contribution < -0.4 is 10.2 Å². The highest BCUT2D eigenvalue weighted by atomic mass is 79.9. The van der Waals surface area contributed by atoms with E-state index in [4.69, 9.17) is 0 Å². The summed E-state index contributed by atoms with van der Waals surface area (Å²) in [5, 5.41) is 2.27. The normalized spacial score (nSPS) is 15.5. The molecule has 4 amide bonds. The van der Waals surface area contributed by atoms with Crippen LogP contribution in [0.3, 0.4) is 0 Å². The van der Waals surface area contributed by atoms with E-state index in [1.807, 2.05) is 61.7 Å². The Bertz CT molecular complexity index is 1260. The van der Waals surface area contributed by atoms with Crippen LogP contribution >= 0.6 is 15.9 Å². The van der Waals surface area contributed by atoms with Crippen LogP contribution in [0.5, 0.6) is 0 Å². The zero-order chi connectivity index (χ0) is 22.3. The van der Waals surface area contributed by atoms with Gasteiger partial charge in [0.25, 0.3) is 11.8 Å². The number of nitrogens with one attached hydrogen (secondary N) is 1. The summed E-state index contributed by atoms with van der Waals surface area (Å²) in [5.41, 5.74) is 4.78. The lowest BCUT2D eigenvalue weighted by molar-refractivity contribution is -0.122. The molecule has 0 saturated carbocycles. The first-order valence-electron chi connectivity index (χ1n) is 9.69. The van der Waals surface area contributed by atoms with E-state index in [0.717, 1.165) is 37.6 Å². The number of hydrogen-bond donors (Lipinski definition) is 1. The number of amides is 4. The highest BCUT2D eigenvalue weighted by Crippen LogP contribution is 2.27. The molecule has 0 aliphatic carbocycles. The van der Waals surface area contributed by atoms with Gasteiger partial charge in [-0.05, 0) is 80.4 Å². The topological polar surface area (TPSA) is 71.4 Å². The van der Waals surface area contributed by atoms with Crippen molar-refractivity contribution in [3.05, 3.63) is 87.2 Å². The van der Waals surface area contributed by atoms with Gasteiger partial charge in [-0.25, -0.2) is 9.69 Å². The molecular weight excluding hydrogens is 458 g/mol. The van der Waals surface area contributed by atoms with Crippen LogP contribution in [-0.2, 0) is 9.59 Å². The molecule has 4 rings (SSSR count). The van der Waals surface area contributed by atoms with Gasteiger partial charge in [0.2, 0.25) is 0 Å². The predicted octanol–water partition coefficient (Wildman–Crippen LogP) is 4.83. The van der Waals surface area contributed by atoms with Crippen LogP contribution in [0.2, 0.25) is 0 Å². The summed E-state index contributed by atoms with van der Waals surface area (Å²) in [6, 6.07) is 16.1. The minimum atomic E-state index is -0.752. The van der Waals surface area contributed by atoms with Crippen LogP contribution in [0, 0.1) is 20.8 Å². The molecule has 7 heteroatoms. The third kappa shape index (κ3) is 3.84. The van der Waals surface area contributed by atoms with Crippen molar-refractivity contribution in [2.24, 2.45) is 0 Å². The standard InChI is InChI=1S/C24H20BrN3O3/c1-14-5-4-6-20(11-14)28-23(30)21(22(29)26-24(28)31)13-17-12-15(2)27(16(17)3)19-9-7-18(25)8-10-19/h4-13H,1-3H3,(H,26,29,31)/b21-13+. The summed E-state index contributed by atoms with van der Waals surface area (Å²) in [6.07, 6.45) is 1.55. The smallest absolute Gasteiger partial charge is 0.318 e. The van der Waals surface area contributed by atoms with Gasteiger partial charge in [0.15, 0.2) is 0 Å². The number of halogens is 1. The largest absolute Gasteiger partial charge is 0.335 e. The van der Waals surface area contributed by atoms with E-state index in [9.17, 15) is 14.4 Å². The maximum absolute atomic E-state index is 13.1. The van der Waals surface area contributed by atoms with E-state index in [0.29, 0.717) is 5.69 Å². The summed E-state index contributed by atoms with van der Waals surface area (Å²) < 4.78 is 3.03. The molecule has 6 nitrogen and oxygen atoms in total. The van der Waals surface area contributed by atoms with Gasteiger partial charge in [-0.1, -0.05) is 28.1 Å². The summed E-state index contributed by atoms with van der Waals surface area (Å²) >= 11 is 3.44. The Labute approximate surface area is 188 Å². The molecule has 0 bridgehead atoms. The van der Waals surface area contributed by atoms with Gasteiger partial charge in [0.1, 0.15) is 5.57 Å². The number of barbiturate groups is 1. The second-order valence-corrected chi connectivity index (χ2v) is 8.35. The number of rotatable bonds is 3. The molecule has 0 radical (unpaired) electrons. The Balaban J connectivity index is 1.76. The molecule has 0 unspecified atom stereocenters. The summed E-state index contributed by atoms with van der Waals surface area (Å²) in [5.74, 6) is -1.35. The zero-order valence-electron chi connectivity index (χ0n) is 17.3. The van der Waals surface area contributed by atoms with E-state index in [1.165, 1.54) is 0 Å². The average molecular weight is 478 g/mol. The summed E-state index contributed by atoms with van der Waals surface area (Å²) in [4.78, 5) is 39.0. The molecule has 31 heavy (non-hydrogen) atoms. The van der Waals surface area contributed by atoms with E-state index >= 15 is 0 Å².